The zero-order valence-electron chi connectivity index (χ0n) is 12.0. The summed E-state index contributed by atoms with van der Waals surface area (Å²) >= 11 is 0. The van der Waals surface area contributed by atoms with E-state index >= 15 is 0 Å². The summed E-state index contributed by atoms with van der Waals surface area (Å²) in [6, 6.07) is 11.4. The lowest BCUT2D eigenvalue weighted by Crippen LogP contribution is -2.46. The fraction of sp³-hybridized carbons (Fsp3) is 0.312. The Morgan fingerprint density at radius 2 is 1.57 bits per heavy atom. The van der Waals surface area contributed by atoms with Gasteiger partial charge in [0.15, 0.2) is 0 Å². The molecule has 0 radical (unpaired) electrons. The number of hydrogen-bond donors (Lipinski definition) is 0. The normalized spacial score (nSPS) is 15.1. The minimum Gasteiger partial charge on any atom is -0.497 e. The lowest BCUT2D eigenvalue weighted by Gasteiger charge is -2.37. The second kappa shape index (κ2) is 5.99. The van der Waals surface area contributed by atoms with Crippen LogP contribution in [0.25, 0.3) is 0 Å². The third-order valence-electron chi connectivity index (χ3n) is 3.79. The van der Waals surface area contributed by atoms with Crippen molar-refractivity contribution in [2.75, 3.05) is 43.1 Å². The molecular formula is C16H18FN3O. The van der Waals surface area contributed by atoms with Crippen LogP contribution < -0.4 is 14.5 Å². The molecule has 1 aliphatic rings. The summed E-state index contributed by atoms with van der Waals surface area (Å²) in [5, 5.41) is 0. The van der Waals surface area contributed by atoms with Gasteiger partial charge in [-0.3, -0.25) is 0 Å². The Labute approximate surface area is 123 Å². The molecule has 0 unspecified atom stereocenters. The summed E-state index contributed by atoms with van der Waals surface area (Å²) in [6.45, 7) is 3.57. The van der Waals surface area contributed by atoms with Crippen LogP contribution in [-0.2, 0) is 0 Å². The number of halogens is 1. The quantitative estimate of drug-likeness (QED) is 0.811. The summed E-state index contributed by atoms with van der Waals surface area (Å²) in [5.41, 5.74) is 2.09. The predicted octanol–water partition coefficient (Wildman–Crippen LogP) is 2.56. The molecule has 0 amide bonds. The molecule has 0 spiro atoms. The number of hydrogen-bond acceptors (Lipinski definition) is 4. The molecule has 0 bridgehead atoms. The third kappa shape index (κ3) is 3.07. The van der Waals surface area contributed by atoms with Crippen LogP contribution >= 0.6 is 0 Å². The number of aromatic nitrogens is 1. The van der Waals surface area contributed by atoms with Gasteiger partial charge in [-0.25, -0.2) is 4.98 Å². The van der Waals surface area contributed by atoms with Crippen molar-refractivity contribution >= 4 is 11.4 Å². The van der Waals surface area contributed by atoms with E-state index in [9.17, 15) is 4.39 Å². The summed E-state index contributed by atoms with van der Waals surface area (Å²) in [4.78, 5) is 8.11. The molecule has 5 heteroatoms. The zero-order chi connectivity index (χ0) is 14.7. The van der Waals surface area contributed by atoms with Crippen molar-refractivity contribution in [1.82, 2.24) is 4.98 Å². The monoisotopic (exact) mass is 287 g/mol. The molecule has 0 aliphatic carbocycles. The molecule has 0 saturated carbocycles. The van der Waals surface area contributed by atoms with Gasteiger partial charge >= 0.3 is 0 Å². The number of anilines is 2. The Bertz CT molecular complexity index is 595. The molecule has 1 fully saturated rings. The zero-order valence-corrected chi connectivity index (χ0v) is 12.0. The number of nitrogens with zero attached hydrogens (tertiary/aromatic N) is 3. The Kier molecular flexibility index (Phi) is 3.90. The Morgan fingerprint density at radius 3 is 2.14 bits per heavy atom. The Morgan fingerprint density at radius 1 is 0.952 bits per heavy atom. The number of rotatable bonds is 3. The van der Waals surface area contributed by atoms with E-state index in [4.69, 9.17) is 4.74 Å². The first-order valence-electron chi connectivity index (χ1n) is 7.02. The highest BCUT2D eigenvalue weighted by atomic mass is 19.1. The number of ether oxygens (including phenoxy) is 1. The van der Waals surface area contributed by atoms with Gasteiger partial charge in [0.2, 0.25) is 5.95 Å². The van der Waals surface area contributed by atoms with Crippen LogP contribution in [0.3, 0.4) is 0 Å². The van der Waals surface area contributed by atoms with Gasteiger partial charge in [-0.2, -0.15) is 4.39 Å². The summed E-state index contributed by atoms with van der Waals surface area (Å²) in [5.74, 6) is 0.440. The first-order valence-corrected chi connectivity index (χ1v) is 7.02. The molecule has 3 rings (SSSR count). The predicted molar refractivity (Wildman–Crippen MR) is 81.6 cm³/mol. The maximum atomic E-state index is 13.2. The van der Waals surface area contributed by atoms with Crippen molar-refractivity contribution < 1.29 is 9.13 Å². The smallest absolute Gasteiger partial charge is 0.214 e. The van der Waals surface area contributed by atoms with E-state index in [0.29, 0.717) is 0 Å². The fourth-order valence-electron chi connectivity index (χ4n) is 2.60. The van der Waals surface area contributed by atoms with Crippen LogP contribution in [0.2, 0.25) is 0 Å². The van der Waals surface area contributed by atoms with Crippen LogP contribution in [0.5, 0.6) is 5.75 Å². The third-order valence-corrected chi connectivity index (χ3v) is 3.79. The maximum Gasteiger partial charge on any atom is 0.214 e. The first-order chi connectivity index (χ1) is 10.3. The van der Waals surface area contributed by atoms with Gasteiger partial charge in [0, 0.05) is 49.8 Å². The molecule has 1 aliphatic heterocycles. The molecule has 1 saturated heterocycles. The molecular weight excluding hydrogens is 269 g/mol. The molecule has 4 nitrogen and oxygen atoms in total. The van der Waals surface area contributed by atoms with Gasteiger partial charge in [0.05, 0.1) is 7.11 Å². The largest absolute Gasteiger partial charge is 0.497 e. The van der Waals surface area contributed by atoms with Gasteiger partial charge in [0.1, 0.15) is 5.75 Å². The van der Waals surface area contributed by atoms with Gasteiger partial charge in [0.25, 0.3) is 0 Å². The minimum atomic E-state index is -0.426. The number of methoxy groups -OCH3 is 1. The lowest BCUT2D eigenvalue weighted by atomic mass is 10.2. The Hall–Kier alpha value is -2.30. The topological polar surface area (TPSA) is 28.6 Å². The molecule has 0 N–H and O–H groups in total. The van der Waals surface area contributed by atoms with E-state index in [1.807, 2.05) is 18.2 Å². The number of pyridine rings is 1. The molecule has 1 aromatic carbocycles. The minimum absolute atomic E-state index is 0.426. The van der Waals surface area contributed by atoms with Crippen LogP contribution in [0.1, 0.15) is 0 Å². The lowest BCUT2D eigenvalue weighted by molar-refractivity contribution is 0.415. The molecule has 2 heterocycles. The standard InChI is InChI=1S/C16H18FN3O/c1-21-15-4-2-13(3-5-15)19-8-10-20(11-9-19)14-6-7-18-16(17)12-14/h2-7,12H,8-11H2,1H3. The first kappa shape index (κ1) is 13.7. The summed E-state index contributed by atoms with van der Waals surface area (Å²) < 4.78 is 18.3. The van der Waals surface area contributed by atoms with E-state index < -0.39 is 5.95 Å². The number of benzene rings is 1. The van der Waals surface area contributed by atoms with Crippen molar-refractivity contribution in [3.8, 4) is 5.75 Å². The molecule has 21 heavy (non-hydrogen) atoms. The van der Waals surface area contributed by atoms with Gasteiger partial charge in [-0.15, -0.1) is 0 Å². The fourth-order valence-corrected chi connectivity index (χ4v) is 2.60. The van der Waals surface area contributed by atoms with Crippen molar-refractivity contribution in [3.05, 3.63) is 48.5 Å². The highest BCUT2D eigenvalue weighted by molar-refractivity contribution is 5.52. The second-order valence-corrected chi connectivity index (χ2v) is 5.01. The van der Waals surface area contributed by atoms with Crippen LogP contribution in [0.4, 0.5) is 15.8 Å². The van der Waals surface area contributed by atoms with E-state index in [-0.39, 0.29) is 0 Å². The molecule has 2 aromatic rings. The highest BCUT2D eigenvalue weighted by Crippen LogP contribution is 2.22. The van der Waals surface area contributed by atoms with E-state index in [1.54, 1.807) is 7.11 Å². The van der Waals surface area contributed by atoms with Gasteiger partial charge < -0.3 is 14.5 Å². The maximum absolute atomic E-state index is 13.2. The van der Waals surface area contributed by atoms with Crippen molar-refractivity contribution in [3.63, 3.8) is 0 Å². The van der Waals surface area contributed by atoms with Crippen LogP contribution in [0.15, 0.2) is 42.6 Å². The highest BCUT2D eigenvalue weighted by Gasteiger charge is 2.18. The van der Waals surface area contributed by atoms with Crippen LogP contribution in [-0.4, -0.2) is 38.3 Å². The molecule has 110 valence electrons. The van der Waals surface area contributed by atoms with Crippen molar-refractivity contribution in [2.45, 2.75) is 0 Å². The Balaban J connectivity index is 1.64. The van der Waals surface area contributed by atoms with Crippen molar-refractivity contribution in [1.29, 1.82) is 0 Å². The van der Waals surface area contributed by atoms with E-state index in [0.717, 1.165) is 37.6 Å². The average molecular weight is 287 g/mol. The van der Waals surface area contributed by atoms with Gasteiger partial charge in [-0.1, -0.05) is 0 Å². The average Bonchev–Trinajstić information content (AvgIpc) is 2.55. The second-order valence-electron chi connectivity index (χ2n) is 5.01. The SMILES string of the molecule is COc1ccc(N2CCN(c3ccnc(F)c3)CC2)cc1. The molecule has 0 atom stereocenters. The summed E-state index contributed by atoms with van der Waals surface area (Å²) in [7, 11) is 1.67. The van der Waals surface area contributed by atoms with E-state index in [1.165, 1.54) is 18.0 Å². The van der Waals surface area contributed by atoms with Crippen molar-refractivity contribution in [2.24, 2.45) is 0 Å². The van der Waals surface area contributed by atoms with E-state index in [2.05, 4.69) is 26.9 Å². The van der Waals surface area contributed by atoms with Crippen LogP contribution in [0, 0.1) is 5.95 Å². The van der Waals surface area contributed by atoms with Gasteiger partial charge in [-0.05, 0) is 30.3 Å². The summed E-state index contributed by atoms with van der Waals surface area (Å²) in [6.07, 6.45) is 1.51. The molecule has 1 aromatic heterocycles. The number of piperazine rings is 1.